The highest BCUT2D eigenvalue weighted by Gasteiger charge is 2.29. The van der Waals surface area contributed by atoms with E-state index in [1.165, 1.54) is 7.11 Å². The Labute approximate surface area is 138 Å². The predicted molar refractivity (Wildman–Crippen MR) is 92.7 cm³/mol. The van der Waals surface area contributed by atoms with Gasteiger partial charge >= 0.3 is 5.97 Å². The number of hydrogen-bond acceptors (Lipinski definition) is 3. The number of rotatable bonds is 7. The fraction of sp³-hybridized carbons (Fsp3) is 0.235. The summed E-state index contributed by atoms with van der Waals surface area (Å²) in [6.45, 7) is 8.65. The molecule has 0 spiro atoms. The van der Waals surface area contributed by atoms with Crippen molar-refractivity contribution in [1.82, 2.24) is 9.88 Å². The van der Waals surface area contributed by atoms with Crippen molar-refractivity contribution < 1.29 is 9.53 Å². The van der Waals surface area contributed by atoms with Crippen LogP contribution in [0.4, 0.5) is 0 Å². The van der Waals surface area contributed by atoms with Crippen molar-refractivity contribution in [1.29, 1.82) is 0 Å². The maximum atomic E-state index is 12.4. The van der Waals surface area contributed by atoms with E-state index in [-0.39, 0.29) is 5.97 Å². The summed E-state index contributed by atoms with van der Waals surface area (Å²) in [6, 6.07) is 5.42. The van der Waals surface area contributed by atoms with Gasteiger partial charge in [0.1, 0.15) is 6.04 Å². The summed E-state index contributed by atoms with van der Waals surface area (Å²) in [4.78, 5) is 17.5. The predicted octanol–water partition coefficient (Wildman–Crippen LogP) is 3.82. The van der Waals surface area contributed by atoms with Crippen molar-refractivity contribution in [3.05, 3.63) is 59.7 Å². The number of carbonyl (C=O) groups is 1. The van der Waals surface area contributed by atoms with Gasteiger partial charge < -0.3 is 9.72 Å². The third kappa shape index (κ3) is 3.31. The molecule has 1 heterocycles. The van der Waals surface area contributed by atoms with E-state index in [0.717, 1.165) is 20.9 Å². The van der Waals surface area contributed by atoms with Gasteiger partial charge in [-0.1, -0.05) is 28.1 Å². The first-order valence-electron chi connectivity index (χ1n) is 6.92. The Kier molecular flexibility index (Phi) is 5.57. The highest BCUT2D eigenvalue weighted by Crippen LogP contribution is 2.31. The minimum atomic E-state index is -0.510. The minimum absolute atomic E-state index is 0.301. The van der Waals surface area contributed by atoms with Crippen LogP contribution in [0.1, 0.15) is 11.6 Å². The zero-order chi connectivity index (χ0) is 16.1. The van der Waals surface area contributed by atoms with E-state index in [0.29, 0.717) is 13.1 Å². The lowest BCUT2D eigenvalue weighted by molar-refractivity contribution is -0.146. The van der Waals surface area contributed by atoms with Crippen LogP contribution in [0.2, 0.25) is 0 Å². The van der Waals surface area contributed by atoms with Crippen LogP contribution in [0.5, 0.6) is 0 Å². The molecule has 2 aromatic rings. The van der Waals surface area contributed by atoms with Gasteiger partial charge in [0.05, 0.1) is 7.11 Å². The molecule has 2 rings (SSSR count). The molecule has 1 atom stereocenters. The SMILES string of the molecule is C=CCN(CC=C)C(C(=O)OC)c1c[nH]c2ccc(Br)cc12. The lowest BCUT2D eigenvalue weighted by Crippen LogP contribution is -2.35. The molecule has 0 aliphatic carbocycles. The molecule has 0 aliphatic rings. The number of methoxy groups -OCH3 is 1. The summed E-state index contributed by atoms with van der Waals surface area (Å²) in [5, 5.41) is 0.989. The van der Waals surface area contributed by atoms with Crippen molar-refractivity contribution in [3.63, 3.8) is 0 Å². The zero-order valence-corrected chi connectivity index (χ0v) is 14.1. The molecule has 116 valence electrons. The molecule has 0 radical (unpaired) electrons. The fourth-order valence-electron chi connectivity index (χ4n) is 2.54. The number of ether oxygens (including phenoxy) is 1. The van der Waals surface area contributed by atoms with Gasteiger partial charge in [-0.2, -0.15) is 0 Å². The van der Waals surface area contributed by atoms with Crippen molar-refractivity contribution in [2.24, 2.45) is 0 Å². The van der Waals surface area contributed by atoms with E-state index in [2.05, 4.69) is 34.1 Å². The van der Waals surface area contributed by atoms with E-state index in [1.807, 2.05) is 29.3 Å². The molecule has 0 bridgehead atoms. The molecule has 0 fully saturated rings. The summed E-state index contributed by atoms with van der Waals surface area (Å²) in [6.07, 6.45) is 5.40. The Morgan fingerprint density at radius 1 is 1.41 bits per heavy atom. The summed E-state index contributed by atoms with van der Waals surface area (Å²) < 4.78 is 5.98. The van der Waals surface area contributed by atoms with Crippen LogP contribution in [0.15, 0.2) is 54.2 Å². The number of nitrogens with one attached hydrogen (secondary N) is 1. The lowest BCUT2D eigenvalue weighted by Gasteiger charge is -2.27. The molecule has 22 heavy (non-hydrogen) atoms. The Balaban J connectivity index is 2.55. The van der Waals surface area contributed by atoms with Gasteiger partial charge in [0, 0.05) is 40.2 Å². The van der Waals surface area contributed by atoms with E-state index in [9.17, 15) is 4.79 Å². The van der Waals surface area contributed by atoms with Crippen molar-refractivity contribution >= 4 is 32.8 Å². The molecule has 5 heteroatoms. The number of benzene rings is 1. The minimum Gasteiger partial charge on any atom is -0.468 e. The Morgan fingerprint density at radius 3 is 2.68 bits per heavy atom. The molecular formula is C17H19BrN2O2. The topological polar surface area (TPSA) is 45.3 Å². The highest BCUT2D eigenvalue weighted by molar-refractivity contribution is 9.10. The Bertz CT molecular complexity index is 683. The molecule has 1 N–H and O–H groups in total. The van der Waals surface area contributed by atoms with E-state index in [4.69, 9.17) is 4.74 Å². The smallest absolute Gasteiger partial charge is 0.327 e. The number of carbonyl (C=O) groups excluding carboxylic acids is 1. The number of hydrogen-bond donors (Lipinski definition) is 1. The number of aromatic nitrogens is 1. The fourth-order valence-corrected chi connectivity index (χ4v) is 2.90. The van der Waals surface area contributed by atoms with Gasteiger partial charge in [-0.15, -0.1) is 13.2 Å². The van der Waals surface area contributed by atoms with Crippen LogP contribution in [-0.2, 0) is 9.53 Å². The van der Waals surface area contributed by atoms with Crippen molar-refractivity contribution in [2.75, 3.05) is 20.2 Å². The first-order chi connectivity index (χ1) is 10.6. The molecule has 0 saturated heterocycles. The second-order valence-corrected chi connectivity index (χ2v) is 5.81. The first kappa shape index (κ1) is 16.5. The summed E-state index contributed by atoms with van der Waals surface area (Å²) in [7, 11) is 1.40. The average Bonchev–Trinajstić information content (AvgIpc) is 2.91. The van der Waals surface area contributed by atoms with E-state index < -0.39 is 6.04 Å². The van der Waals surface area contributed by atoms with Gasteiger partial charge in [0.15, 0.2) is 0 Å². The number of halogens is 1. The number of fused-ring (bicyclic) bond motifs is 1. The monoisotopic (exact) mass is 362 g/mol. The van der Waals surface area contributed by atoms with Gasteiger partial charge in [0.2, 0.25) is 0 Å². The third-order valence-electron chi connectivity index (χ3n) is 3.49. The molecule has 1 aromatic carbocycles. The van der Waals surface area contributed by atoms with Crippen LogP contribution in [0, 0.1) is 0 Å². The van der Waals surface area contributed by atoms with Crippen molar-refractivity contribution in [3.8, 4) is 0 Å². The Hall–Kier alpha value is -1.85. The third-order valence-corrected chi connectivity index (χ3v) is 3.98. The molecule has 1 aromatic heterocycles. The second-order valence-electron chi connectivity index (χ2n) is 4.89. The van der Waals surface area contributed by atoms with Crippen LogP contribution in [-0.4, -0.2) is 36.1 Å². The molecule has 0 saturated carbocycles. The van der Waals surface area contributed by atoms with Crippen LogP contribution in [0.25, 0.3) is 10.9 Å². The van der Waals surface area contributed by atoms with Gasteiger partial charge in [0.25, 0.3) is 0 Å². The lowest BCUT2D eigenvalue weighted by atomic mass is 10.0. The summed E-state index contributed by atoms with van der Waals surface area (Å²) in [5.74, 6) is -0.301. The second kappa shape index (κ2) is 7.42. The quantitative estimate of drug-likeness (QED) is 0.601. The van der Waals surface area contributed by atoms with Gasteiger partial charge in [-0.05, 0) is 18.2 Å². The van der Waals surface area contributed by atoms with E-state index in [1.54, 1.807) is 12.2 Å². The largest absolute Gasteiger partial charge is 0.468 e. The number of aromatic amines is 1. The van der Waals surface area contributed by atoms with Gasteiger partial charge in [-0.3, -0.25) is 4.90 Å². The standard InChI is InChI=1S/C17H19BrN2O2/c1-4-8-20(9-5-2)16(17(21)22-3)14-11-19-15-7-6-12(18)10-13(14)15/h4-7,10-11,16,19H,1-2,8-9H2,3H3. The number of nitrogens with zero attached hydrogens (tertiary/aromatic N) is 1. The molecule has 1 unspecified atom stereocenters. The normalized spacial score (nSPS) is 12.3. The van der Waals surface area contributed by atoms with Crippen molar-refractivity contribution in [2.45, 2.75) is 6.04 Å². The highest BCUT2D eigenvalue weighted by atomic mass is 79.9. The number of esters is 1. The maximum absolute atomic E-state index is 12.4. The molecular weight excluding hydrogens is 344 g/mol. The average molecular weight is 363 g/mol. The molecule has 0 aliphatic heterocycles. The van der Waals surface area contributed by atoms with E-state index >= 15 is 0 Å². The molecule has 4 nitrogen and oxygen atoms in total. The number of H-pyrrole nitrogens is 1. The zero-order valence-electron chi connectivity index (χ0n) is 12.5. The van der Waals surface area contributed by atoms with Crippen LogP contribution in [0.3, 0.4) is 0 Å². The maximum Gasteiger partial charge on any atom is 0.327 e. The Morgan fingerprint density at radius 2 is 2.09 bits per heavy atom. The summed E-state index contributed by atoms with van der Waals surface area (Å²) >= 11 is 3.48. The first-order valence-corrected chi connectivity index (χ1v) is 7.71. The molecule has 0 amide bonds. The summed E-state index contributed by atoms with van der Waals surface area (Å²) in [5.41, 5.74) is 1.86. The van der Waals surface area contributed by atoms with Crippen LogP contribution < -0.4 is 0 Å². The van der Waals surface area contributed by atoms with Gasteiger partial charge in [-0.25, -0.2) is 4.79 Å². The van der Waals surface area contributed by atoms with Crippen LogP contribution >= 0.6 is 15.9 Å².